The highest BCUT2D eigenvalue weighted by Crippen LogP contribution is 2.26. The lowest BCUT2D eigenvalue weighted by molar-refractivity contribution is 0.142. The van der Waals surface area contributed by atoms with Crippen LogP contribution in [0.2, 0.25) is 0 Å². The van der Waals surface area contributed by atoms with Crippen LogP contribution in [0.25, 0.3) is 0 Å². The second kappa shape index (κ2) is 8.12. The van der Waals surface area contributed by atoms with Crippen molar-refractivity contribution in [3.8, 4) is 0 Å². The summed E-state index contributed by atoms with van der Waals surface area (Å²) in [6, 6.07) is 0.783. The minimum Gasteiger partial charge on any atom is -0.382 e. The van der Waals surface area contributed by atoms with E-state index in [1.807, 2.05) is 0 Å². The van der Waals surface area contributed by atoms with Gasteiger partial charge >= 0.3 is 0 Å². The van der Waals surface area contributed by atoms with Crippen molar-refractivity contribution in [2.75, 3.05) is 19.8 Å². The summed E-state index contributed by atoms with van der Waals surface area (Å²) in [7, 11) is 0. The summed E-state index contributed by atoms with van der Waals surface area (Å²) in [5, 5.41) is 3.70. The molecule has 1 aliphatic rings. The summed E-state index contributed by atoms with van der Waals surface area (Å²) in [5.41, 5.74) is 0. The van der Waals surface area contributed by atoms with Gasteiger partial charge in [0.25, 0.3) is 0 Å². The molecule has 0 aliphatic heterocycles. The third kappa shape index (κ3) is 4.98. The molecule has 0 heterocycles. The topological polar surface area (TPSA) is 21.3 Å². The molecule has 1 N–H and O–H groups in total. The molecule has 90 valence electrons. The molecule has 1 aliphatic carbocycles. The minimum absolute atomic E-state index is 0.783. The molecule has 0 bridgehead atoms. The quantitative estimate of drug-likeness (QED) is 0.656. The zero-order valence-electron chi connectivity index (χ0n) is 10.4. The van der Waals surface area contributed by atoms with E-state index in [1.165, 1.54) is 32.1 Å². The molecule has 0 radical (unpaired) electrons. The Morgan fingerprint density at radius 2 is 2.00 bits per heavy atom. The van der Waals surface area contributed by atoms with E-state index in [1.54, 1.807) is 0 Å². The fourth-order valence-electron chi connectivity index (χ4n) is 2.57. The van der Waals surface area contributed by atoms with Crippen molar-refractivity contribution in [3.05, 3.63) is 0 Å². The van der Waals surface area contributed by atoms with Crippen LogP contribution in [0.4, 0.5) is 0 Å². The molecule has 0 aromatic heterocycles. The fourth-order valence-corrected chi connectivity index (χ4v) is 2.57. The van der Waals surface area contributed by atoms with Gasteiger partial charge in [-0.1, -0.05) is 26.2 Å². The molecule has 2 nitrogen and oxygen atoms in total. The van der Waals surface area contributed by atoms with Crippen LogP contribution in [0, 0.1) is 5.92 Å². The molecule has 2 atom stereocenters. The lowest BCUT2D eigenvalue weighted by atomic mass is 9.83. The van der Waals surface area contributed by atoms with Gasteiger partial charge in [-0.15, -0.1) is 0 Å². The van der Waals surface area contributed by atoms with Crippen molar-refractivity contribution in [2.24, 2.45) is 5.92 Å². The lowest BCUT2D eigenvalue weighted by Gasteiger charge is -2.31. The van der Waals surface area contributed by atoms with Crippen molar-refractivity contribution >= 4 is 0 Å². The van der Waals surface area contributed by atoms with Gasteiger partial charge in [-0.25, -0.2) is 0 Å². The predicted octanol–water partition coefficient (Wildman–Crippen LogP) is 2.97. The van der Waals surface area contributed by atoms with Gasteiger partial charge < -0.3 is 10.1 Å². The number of hydrogen-bond donors (Lipinski definition) is 1. The Labute approximate surface area is 94.8 Å². The molecule has 0 aromatic carbocycles. The summed E-state index contributed by atoms with van der Waals surface area (Å²) in [6.45, 7) is 7.27. The van der Waals surface area contributed by atoms with E-state index in [4.69, 9.17) is 4.74 Å². The smallest absolute Gasteiger partial charge is 0.0477 e. The summed E-state index contributed by atoms with van der Waals surface area (Å²) in [5.74, 6) is 0.922. The number of ether oxygens (including phenoxy) is 1. The number of hydrogen-bond acceptors (Lipinski definition) is 2. The van der Waals surface area contributed by atoms with Gasteiger partial charge in [0, 0.05) is 19.3 Å². The molecule has 0 saturated heterocycles. The van der Waals surface area contributed by atoms with Crippen LogP contribution in [-0.2, 0) is 4.74 Å². The van der Waals surface area contributed by atoms with Crippen molar-refractivity contribution in [1.82, 2.24) is 5.32 Å². The zero-order chi connectivity index (χ0) is 10.9. The maximum absolute atomic E-state index is 5.34. The van der Waals surface area contributed by atoms with Crippen LogP contribution in [0.5, 0.6) is 0 Å². The summed E-state index contributed by atoms with van der Waals surface area (Å²) in [6.07, 6.45) is 8.16. The first-order valence-corrected chi connectivity index (χ1v) is 6.69. The van der Waals surface area contributed by atoms with E-state index < -0.39 is 0 Å². The van der Waals surface area contributed by atoms with E-state index in [-0.39, 0.29) is 0 Å². The maximum Gasteiger partial charge on any atom is 0.0477 e. The van der Waals surface area contributed by atoms with Crippen LogP contribution in [0.3, 0.4) is 0 Å². The normalized spacial score (nSPS) is 26.8. The molecule has 2 heteroatoms. The molecule has 0 spiro atoms. The van der Waals surface area contributed by atoms with E-state index in [0.717, 1.165) is 38.1 Å². The second-order valence-corrected chi connectivity index (χ2v) is 4.56. The molecule has 1 saturated carbocycles. The Bertz CT molecular complexity index is 149. The Morgan fingerprint density at radius 3 is 2.73 bits per heavy atom. The molecule has 0 unspecified atom stereocenters. The van der Waals surface area contributed by atoms with E-state index >= 15 is 0 Å². The second-order valence-electron chi connectivity index (χ2n) is 4.56. The molecular formula is C13H27NO. The van der Waals surface area contributed by atoms with Gasteiger partial charge in [0.1, 0.15) is 0 Å². The van der Waals surface area contributed by atoms with Gasteiger partial charge in [0.15, 0.2) is 0 Å². The van der Waals surface area contributed by atoms with Gasteiger partial charge in [-0.05, 0) is 38.6 Å². The Morgan fingerprint density at radius 1 is 1.20 bits per heavy atom. The van der Waals surface area contributed by atoms with E-state index in [2.05, 4.69) is 19.2 Å². The van der Waals surface area contributed by atoms with Crippen LogP contribution in [-0.4, -0.2) is 25.8 Å². The van der Waals surface area contributed by atoms with Crippen LogP contribution in [0.15, 0.2) is 0 Å². The Kier molecular flexibility index (Phi) is 7.03. The molecule has 0 amide bonds. The third-order valence-electron chi connectivity index (χ3n) is 3.51. The van der Waals surface area contributed by atoms with Gasteiger partial charge in [0.05, 0.1) is 0 Å². The summed E-state index contributed by atoms with van der Waals surface area (Å²) >= 11 is 0. The SMILES string of the molecule is CCOCCCN[C@@H]1CCCC[C@H]1CC. The van der Waals surface area contributed by atoms with E-state index in [9.17, 15) is 0 Å². The fraction of sp³-hybridized carbons (Fsp3) is 1.00. The molecular weight excluding hydrogens is 186 g/mol. The lowest BCUT2D eigenvalue weighted by Crippen LogP contribution is -2.39. The molecule has 1 fully saturated rings. The van der Waals surface area contributed by atoms with Crippen LogP contribution >= 0.6 is 0 Å². The van der Waals surface area contributed by atoms with Gasteiger partial charge in [0.2, 0.25) is 0 Å². The van der Waals surface area contributed by atoms with Crippen molar-refractivity contribution in [2.45, 2.75) is 58.4 Å². The highest BCUT2D eigenvalue weighted by molar-refractivity contribution is 4.79. The average molecular weight is 213 g/mol. The molecule has 1 rings (SSSR count). The van der Waals surface area contributed by atoms with Crippen molar-refractivity contribution < 1.29 is 4.74 Å². The first kappa shape index (κ1) is 13.0. The minimum atomic E-state index is 0.783. The molecule has 15 heavy (non-hydrogen) atoms. The largest absolute Gasteiger partial charge is 0.382 e. The van der Waals surface area contributed by atoms with Crippen molar-refractivity contribution in [3.63, 3.8) is 0 Å². The monoisotopic (exact) mass is 213 g/mol. The molecule has 0 aromatic rings. The average Bonchev–Trinajstić information content (AvgIpc) is 2.29. The Balaban J connectivity index is 2.07. The van der Waals surface area contributed by atoms with Crippen LogP contribution in [0.1, 0.15) is 52.4 Å². The summed E-state index contributed by atoms with van der Waals surface area (Å²) < 4.78 is 5.34. The van der Waals surface area contributed by atoms with Gasteiger partial charge in [-0.3, -0.25) is 0 Å². The first-order valence-electron chi connectivity index (χ1n) is 6.69. The third-order valence-corrected chi connectivity index (χ3v) is 3.51. The van der Waals surface area contributed by atoms with Gasteiger partial charge in [-0.2, -0.15) is 0 Å². The van der Waals surface area contributed by atoms with E-state index in [0.29, 0.717) is 0 Å². The Hall–Kier alpha value is -0.0800. The maximum atomic E-state index is 5.34. The predicted molar refractivity (Wildman–Crippen MR) is 65.1 cm³/mol. The zero-order valence-corrected chi connectivity index (χ0v) is 10.4. The first-order chi connectivity index (χ1) is 7.38. The highest BCUT2D eigenvalue weighted by Gasteiger charge is 2.22. The standard InChI is InChI=1S/C13H27NO/c1-3-12-8-5-6-9-13(12)14-10-7-11-15-4-2/h12-14H,3-11H2,1-2H3/t12-,13-/m1/s1. The highest BCUT2D eigenvalue weighted by atomic mass is 16.5. The number of nitrogens with one attached hydrogen (secondary N) is 1. The summed E-state index contributed by atoms with van der Waals surface area (Å²) in [4.78, 5) is 0. The van der Waals surface area contributed by atoms with Crippen LogP contribution < -0.4 is 5.32 Å². The van der Waals surface area contributed by atoms with Crippen molar-refractivity contribution in [1.29, 1.82) is 0 Å². The number of rotatable bonds is 7.